The Morgan fingerprint density at radius 2 is 2.28 bits per heavy atom. The number of ether oxygens (including phenoxy) is 1. The zero-order valence-corrected chi connectivity index (χ0v) is 11.8. The Balaban J connectivity index is 2.29. The summed E-state index contributed by atoms with van der Waals surface area (Å²) in [6.45, 7) is 6.38. The van der Waals surface area contributed by atoms with Gasteiger partial charge in [-0.3, -0.25) is 4.68 Å². The van der Waals surface area contributed by atoms with Crippen molar-refractivity contribution in [1.82, 2.24) is 9.78 Å². The van der Waals surface area contributed by atoms with Crippen molar-refractivity contribution in [2.24, 2.45) is 5.41 Å². The van der Waals surface area contributed by atoms with Crippen LogP contribution in [0.2, 0.25) is 5.02 Å². The molecule has 1 fully saturated rings. The van der Waals surface area contributed by atoms with Gasteiger partial charge in [-0.15, -0.1) is 0 Å². The Kier molecular flexibility index (Phi) is 4.30. The van der Waals surface area contributed by atoms with Crippen molar-refractivity contribution in [1.29, 1.82) is 0 Å². The number of aryl methyl sites for hydroxylation is 2. The highest BCUT2D eigenvalue weighted by atomic mass is 35.5. The van der Waals surface area contributed by atoms with Crippen molar-refractivity contribution in [3.63, 3.8) is 0 Å². The summed E-state index contributed by atoms with van der Waals surface area (Å²) in [5.41, 5.74) is 1.80. The molecule has 4 nitrogen and oxygen atoms in total. The SMILES string of the molecule is CCc1nn(CC)c(CC2(CO)CCOC2)c1Cl. The van der Waals surface area contributed by atoms with Crippen LogP contribution in [0.15, 0.2) is 0 Å². The third-order valence-electron chi connectivity index (χ3n) is 3.76. The number of rotatable bonds is 5. The molecule has 2 rings (SSSR count). The van der Waals surface area contributed by atoms with Crippen LogP contribution in [0.1, 0.15) is 31.7 Å². The van der Waals surface area contributed by atoms with E-state index in [0.29, 0.717) is 6.61 Å². The van der Waals surface area contributed by atoms with Crippen LogP contribution in [0.25, 0.3) is 0 Å². The van der Waals surface area contributed by atoms with Crippen molar-refractivity contribution >= 4 is 11.6 Å². The van der Waals surface area contributed by atoms with Crippen LogP contribution in [-0.4, -0.2) is 34.7 Å². The molecule has 1 N–H and O–H groups in total. The van der Waals surface area contributed by atoms with Gasteiger partial charge >= 0.3 is 0 Å². The first-order valence-corrected chi connectivity index (χ1v) is 6.96. The molecule has 0 amide bonds. The highest BCUT2D eigenvalue weighted by Gasteiger charge is 2.36. The third kappa shape index (κ3) is 2.42. The molecule has 1 atom stereocenters. The molecule has 0 aliphatic carbocycles. The second kappa shape index (κ2) is 5.59. The van der Waals surface area contributed by atoms with Gasteiger partial charge in [-0.25, -0.2) is 0 Å². The Hall–Kier alpha value is -0.580. The molecule has 1 aromatic rings. The molecule has 5 heteroatoms. The van der Waals surface area contributed by atoms with Gasteiger partial charge in [-0.2, -0.15) is 5.10 Å². The number of halogens is 1. The molecule has 0 radical (unpaired) electrons. The number of aromatic nitrogens is 2. The maximum atomic E-state index is 9.64. The van der Waals surface area contributed by atoms with E-state index in [0.717, 1.165) is 48.8 Å². The fourth-order valence-corrected chi connectivity index (χ4v) is 2.85. The lowest BCUT2D eigenvalue weighted by atomic mass is 9.83. The summed E-state index contributed by atoms with van der Waals surface area (Å²) in [6.07, 6.45) is 2.46. The van der Waals surface area contributed by atoms with Gasteiger partial charge in [0.2, 0.25) is 0 Å². The van der Waals surface area contributed by atoms with E-state index in [1.807, 2.05) is 4.68 Å². The zero-order chi connectivity index (χ0) is 13.2. The second-order valence-electron chi connectivity index (χ2n) is 5.01. The minimum atomic E-state index is -0.179. The van der Waals surface area contributed by atoms with E-state index in [9.17, 15) is 5.11 Å². The molecule has 1 saturated heterocycles. The molecule has 1 aliphatic heterocycles. The zero-order valence-electron chi connectivity index (χ0n) is 11.1. The van der Waals surface area contributed by atoms with Crippen LogP contribution >= 0.6 is 11.6 Å². The Labute approximate surface area is 113 Å². The predicted octanol–water partition coefficient (Wildman–Crippen LogP) is 2.06. The van der Waals surface area contributed by atoms with E-state index in [1.54, 1.807) is 0 Å². The maximum Gasteiger partial charge on any atom is 0.0850 e. The van der Waals surface area contributed by atoms with Crippen molar-refractivity contribution in [2.45, 2.75) is 39.7 Å². The van der Waals surface area contributed by atoms with Gasteiger partial charge in [0.15, 0.2) is 0 Å². The molecule has 2 heterocycles. The normalized spacial score (nSPS) is 23.8. The molecule has 1 aromatic heterocycles. The molecule has 0 spiro atoms. The first kappa shape index (κ1) is 13.8. The molecular weight excluding hydrogens is 252 g/mol. The Bertz CT molecular complexity index is 411. The van der Waals surface area contributed by atoms with Crippen molar-refractivity contribution < 1.29 is 9.84 Å². The van der Waals surface area contributed by atoms with Gasteiger partial charge in [0.1, 0.15) is 0 Å². The van der Waals surface area contributed by atoms with Crippen molar-refractivity contribution in [3.05, 3.63) is 16.4 Å². The van der Waals surface area contributed by atoms with Crippen LogP contribution in [0.4, 0.5) is 0 Å². The van der Waals surface area contributed by atoms with Crippen LogP contribution < -0.4 is 0 Å². The van der Waals surface area contributed by atoms with E-state index in [-0.39, 0.29) is 12.0 Å². The fourth-order valence-electron chi connectivity index (χ4n) is 2.51. The van der Waals surface area contributed by atoms with Gasteiger partial charge in [-0.05, 0) is 19.8 Å². The van der Waals surface area contributed by atoms with Gasteiger partial charge in [-0.1, -0.05) is 18.5 Å². The lowest BCUT2D eigenvalue weighted by molar-refractivity contribution is 0.0919. The molecule has 102 valence electrons. The van der Waals surface area contributed by atoms with E-state index in [1.165, 1.54) is 0 Å². The largest absolute Gasteiger partial charge is 0.396 e. The fraction of sp³-hybridized carbons (Fsp3) is 0.769. The van der Waals surface area contributed by atoms with Crippen molar-refractivity contribution in [3.8, 4) is 0 Å². The lowest BCUT2D eigenvalue weighted by Crippen LogP contribution is -2.29. The first-order chi connectivity index (χ1) is 8.65. The number of aliphatic hydroxyl groups excluding tert-OH is 1. The summed E-state index contributed by atoms with van der Waals surface area (Å²) in [5.74, 6) is 0. The molecular formula is C13H21ClN2O2. The first-order valence-electron chi connectivity index (χ1n) is 6.58. The predicted molar refractivity (Wildman–Crippen MR) is 70.9 cm³/mol. The smallest absolute Gasteiger partial charge is 0.0850 e. The van der Waals surface area contributed by atoms with E-state index >= 15 is 0 Å². The van der Waals surface area contributed by atoms with Crippen LogP contribution in [0.3, 0.4) is 0 Å². The molecule has 18 heavy (non-hydrogen) atoms. The average Bonchev–Trinajstić information content (AvgIpc) is 2.97. The van der Waals surface area contributed by atoms with E-state index in [2.05, 4.69) is 18.9 Å². The van der Waals surface area contributed by atoms with Gasteiger partial charge in [0.05, 0.1) is 29.6 Å². The third-order valence-corrected chi connectivity index (χ3v) is 4.19. The minimum Gasteiger partial charge on any atom is -0.396 e. The average molecular weight is 273 g/mol. The standard InChI is InChI=1S/C13H21ClN2O2/c1-3-10-12(14)11(16(4-2)15-10)7-13(8-17)5-6-18-9-13/h17H,3-9H2,1-2H3. The van der Waals surface area contributed by atoms with Crippen molar-refractivity contribution in [2.75, 3.05) is 19.8 Å². The topological polar surface area (TPSA) is 47.3 Å². The summed E-state index contributed by atoms with van der Waals surface area (Å²) >= 11 is 6.40. The van der Waals surface area contributed by atoms with Crippen LogP contribution in [0.5, 0.6) is 0 Å². The summed E-state index contributed by atoms with van der Waals surface area (Å²) in [5, 5.41) is 14.9. The quantitative estimate of drug-likeness (QED) is 0.893. The number of nitrogens with zero attached hydrogens (tertiary/aromatic N) is 2. The monoisotopic (exact) mass is 272 g/mol. The highest BCUT2D eigenvalue weighted by molar-refractivity contribution is 6.31. The summed E-state index contributed by atoms with van der Waals surface area (Å²) in [4.78, 5) is 0. The Morgan fingerprint density at radius 3 is 2.78 bits per heavy atom. The summed E-state index contributed by atoms with van der Waals surface area (Å²) in [7, 11) is 0. The minimum absolute atomic E-state index is 0.139. The molecule has 0 bridgehead atoms. The van der Waals surface area contributed by atoms with Gasteiger partial charge < -0.3 is 9.84 Å². The highest BCUT2D eigenvalue weighted by Crippen LogP contribution is 2.35. The van der Waals surface area contributed by atoms with E-state index < -0.39 is 0 Å². The number of aliphatic hydroxyl groups is 1. The lowest BCUT2D eigenvalue weighted by Gasteiger charge is -2.25. The summed E-state index contributed by atoms with van der Waals surface area (Å²) in [6, 6.07) is 0. The van der Waals surface area contributed by atoms with E-state index in [4.69, 9.17) is 16.3 Å². The Morgan fingerprint density at radius 1 is 1.50 bits per heavy atom. The van der Waals surface area contributed by atoms with Crippen LogP contribution in [-0.2, 0) is 24.1 Å². The molecule has 0 saturated carbocycles. The van der Waals surface area contributed by atoms with Gasteiger partial charge in [0, 0.05) is 25.0 Å². The molecule has 1 unspecified atom stereocenters. The second-order valence-corrected chi connectivity index (χ2v) is 5.39. The maximum absolute atomic E-state index is 9.64. The van der Waals surface area contributed by atoms with Crippen LogP contribution in [0, 0.1) is 5.41 Å². The number of hydrogen-bond donors (Lipinski definition) is 1. The van der Waals surface area contributed by atoms with Gasteiger partial charge in [0.25, 0.3) is 0 Å². The summed E-state index contributed by atoms with van der Waals surface area (Å²) < 4.78 is 7.39. The molecule has 1 aliphatic rings. The molecule has 0 aromatic carbocycles. The number of hydrogen-bond acceptors (Lipinski definition) is 3.